The molecule has 0 unspecified atom stereocenters. The summed E-state index contributed by atoms with van der Waals surface area (Å²) in [6.07, 6.45) is 1.92. The van der Waals surface area contributed by atoms with Gasteiger partial charge in [-0.1, -0.05) is 17.7 Å². The maximum Gasteiger partial charge on any atom is 0.340 e. The Morgan fingerprint density at radius 1 is 1.26 bits per heavy atom. The van der Waals surface area contributed by atoms with Crippen LogP contribution in [-0.4, -0.2) is 24.7 Å². The summed E-state index contributed by atoms with van der Waals surface area (Å²) in [5.74, 6) is -1.97. The van der Waals surface area contributed by atoms with Crippen molar-refractivity contribution in [1.82, 2.24) is 0 Å². The topological polar surface area (TPSA) is 55.4 Å². The van der Waals surface area contributed by atoms with Gasteiger partial charge in [-0.05, 0) is 42.7 Å². The molecule has 2 aromatic rings. The molecule has 0 atom stereocenters. The largest absolute Gasteiger partial charge is 0.452 e. The highest BCUT2D eigenvalue weighted by Crippen LogP contribution is 2.19. The predicted molar refractivity (Wildman–Crippen MR) is 88.5 cm³/mol. The molecule has 1 N–H and O–H groups in total. The quantitative estimate of drug-likeness (QED) is 0.652. The fraction of sp³-hybridized carbons (Fsp3) is 0.125. The van der Waals surface area contributed by atoms with Gasteiger partial charge in [-0.3, -0.25) is 4.79 Å². The van der Waals surface area contributed by atoms with E-state index in [0.29, 0.717) is 5.69 Å². The molecule has 0 aromatic heterocycles. The molecular formula is C16H13ClFNO3S. The van der Waals surface area contributed by atoms with Crippen LogP contribution in [0, 0.1) is 5.82 Å². The van der Waals surface area contributed by atoms with Gasteiger partial charge in [0.05, 0.1) is 10.6 Å². The third-order valence-corrected chi connectivity index (χ3v) is 3.89. The average Bonchev–Trinajstić information content (AvgIpc) is 2.55. The molecule has 0 heterocycles. The number of thioether (sulfide) groups is 1. The number of halogens is 2. The molecule has 2 aromatic carbocycles. The number of hydrogen-bond acceptors (Lipinski definition) is 4. The molecule has 0 aliphatic rings. The van der Waals surface area contributed by atoms with Crippen LogP contribution in [0.2, 0.25) is 5.02 Å². The maximum absolute atomic E-state index is 13.1. The number of rotatable bonds is 5. The van der Waals surface area contributed by atoms with E-state index in [-0.39, 0.29) is 10.6 Å². The van der Waals surface area contributed by atoms with E-state index in [4.69, 9.17) is 16.3 Å². The molecule has 0 bridgehead atoms. The van der Waals surface area contributed by atoms with Gasteiger partial charge in [0.25, 0.3) is 5.91 Å². The number of ether oxygens (including phenoxy) is 1. The van der Waals surface area contributed by atoms with Gasteiger partial charge < -0.3 is 10.1 Å². The SMILES string of the molecule is CSc1cccc(NC(=O)COC(=O)c2cc(F)ccc2Cl)c1. The zero-order chi connectivity index (χ0) is 16.8. The van der Waals surface area contributed by atoms with Crippen molar-refractivity contribution in [3.8, 4) is 0 Å². The van der Waals surface area contributed by atoms with E-state index >= 15 is 0 Å². The molecule has 0 spiro atoms. The first-order chi connectivity index (χ1) is 11.0. The summed E-state index contributed by atoms with van der Waals surface area (Å²) in [6, 6.07) is 10.6. The van der Waals surface area contributed by atoms with Crippen LogP contribution in [0.5, 0.6) is 0 Å². The summed E-state index contributed by atoms with van der Waals surface area (Å²) in [5, 5.41) is 2.67. The molecule has 0 saturated carbocycles. The summed E-state index contributed by atoms with van der Waals surface area (Å²) in [6.45, 7) is -0.491. The van der Waals surface area contributed by atoms with Crippen LogP contribution >= 0.6 is 23.4 Å². The first-order valence-corrected chi connectivity index (χ1v) is 8.16. The number of nitrogens with one attached hydrogen (secondary N) is 1. The van der Waals surface area contributed by atoms with Crippen LogP contribution in [0.25, 0.3) is 0 Å². The Labute approximate surface area is 142 Å². The van der Waals surface area contributed by atoms with Crippen LogP contribution < -0.4 is 5.32 Å². The molecule has 0 aliphatic heterocycles. The number of carbonyl (C=O) groups excluding carboxylic acids is 2. The van der Waals surface area contributed by atoms with E-state index in [0.717, 1.165) is 17.0 Å². The fourth-order valence-corrected chi connectivity index (χ4v) is 2.41. The zero-order valence-corrected chi connectivity index (χ0v) is 13.7. The van der Waals surface area contributed by atoms with Crippen molar-refractivity contribution >= 4 is 40.9 Å². The van der Waals surface area contributed by atoms with Crippen LogP contribution in [0.1, 0.15) is 10.4 Å². The van der Waals surface area contributed by atoms with Crippen LogP contribution in [0.3, 0.4) is 0 Å². The van der Waals surface area contributed by atoms with Crippen molar-refractivity contribution in [2.75, 3.05) is 18.2 Å². The zero-order valence-electron chi connectivity index (χ0n) is 12.1. The van der Waals surface area contributed by atoms with Gasteiger partial charge in [0.15, 0.2) is 6.61 Å². The lowest BCUT2D eigenvalue weighted by molar-refractivity contribution is -0.119. The molecule has 0 aliphatic carbocycles. The van der Waals surface area contributed by atoms with Crippen LogP contribution in [0.15, 0.2) is 47.4 Å². The molecule has 2 rings (SSSR count). The third-order valence-electron chi connectivity index (χ3n) is 2.84. The minimum Gasteiger partial charge on any atom is -0.452 e. The molecule has 4 nitrogen and oxygen atoms in total. The summed E-state index contributed by atoms with van der Waals surface area (Å²) in [5.41, 5.74) is 0.477. The molecular weight excluding hydrogens is 341 g/mol. The van der Waals surface area contributed by atoms with E-state index in [2.05, 4.69) is 5.32 Å². The van der Waals surface area contributed by atoms with E-state index in [1.54, 1.807) is 30.0 Å². The molecule has 120 valence electrons. The molecule has 23 heavy (non-hydrogen) atoms. The van der Waals surface area contributed by atoms with Crippen molar-refractivity contribution in [3.63, 3.8) is 0 Å². The van der Waals surface area contributed by atoms with E-state index in [1.807, 2.05) is 12.3 Å². The molecule has 1 amide bonds. The van der Waals surface area contributed by atoms with Gasteiger partial charge in [-0.25, -0.2) is 9.18 Å². The minimum absolute atomic E-state index is 0.0597. The highest BCUT2D eigenvalue weighted by molar-refractivity contribution is 7.98. The lowest BCUT2D eigenvalue weighted by atomic mass is 10.2. The lowest BCUT2D eigenvalue weighted by Crippen LogP contribution is -2.21. The van der Waals surface area contributed by atoms with Crippen molar-refractivity contribution in [1.29, 1.82) is 0 Å². The Morgan fingerprint density at radius 2 is 2.04 bits per heavy atom. The molecule has 0 radical (unpaired) electrons. The predicted octanol–water partition coefficient (Wildman–Crippen LogP) is 4.00. The van der Waals surface area contributed by atoms with E-state index < -0.39 is 24.3 Å². The smallest absolute Gasteiger partial charge is 0.340 e. The summed E-state index contributed by atoms with van der Waals surface area (Å²) < 4.78 is 18.0. The Balaban J connectivity index is 1.93. The minimum atomic E-state index is -0.859. The Bertz CT molecular complexity index is 739. The van der Waals surface area contributed by atoms with Crippen molar-refractivity contribution < 1.29 is 18.7 Å². The third kappa shape index (κ3) is 4.97. The second-order valence-electron chi connectivity index (χ2n) is 4.48. The van der Waals surface area contributed by atoms with E-state index in [9.17, 15) is 14.0 Å². The second-order valence-corrected chi connectivity index (χ2v) is 5.77. The van der Waals surface area contributed by atoms with Gasteiger partial charge in [0, 0.05) is 10.6 Å². The Hall–Kier alpha value is -2.05. The standard InChI is InChI=1S/C16H13ClFNO3S/c1-23-12-4-2-3-11(8-12)19-15(20)9-22-16(21)13-7-10(18)5-6-14(13)17/h2-8H,9H2,1H3,(H,19,20). The van der Waals surface area contributed by atoms with Gasteiger partial charge in [0.2, 0.25) is 0 Å². The number of anilines is 1. The van der Waals surface area contributed by atoms with Gasteiger partial charge in [-0.2, -0.15) is 0 Å². The first-order valence-electron chi connectivity index (χ1n) is 6.55. The van der Waals surface area contributed by atoms with Gasteiger partial charge >= 0.3 is 5.97 Å². The molecule has 0 saturated heterocycles. The fourth-order valence-electron chi connectivity index (χ4n) is 1.76. The summed E-state index contributed by atoms with van der Waals surface area (Å²) >= 11 is 7.34. The maximum atomic E-state index is 13.1. The average molecular weight is 354 g/mol. The van der Waals surface area contributed by atoms with Crippen molar-refractivity contribution in [2.45, 2.75) is 4.90 Å². The number of hydrogen-bond donors (Lipinski definition) is 1. The lowest BCUT2D eigenvalue weighted by Gasteiger charge is -2.08. The monoisotopic (exact) mass is 353 g/mol. The highest BCUT2D eigenvalue weighted by atomic mass is 35.5. The number of esters is 1. The summed E-state index contributed by atoms with van der Waals surface area (Å²) in [7, 11) is 0. The molecule has 0 fully saturated rings. The Morgan fingerprint density at radius 3 is 2.78 bits per heavy atom. The Kier molecular flexibility index (Phi) is 6.01. The van der Waals surface area contributed by atoms with Crippen molar-refractivity contribution in [2.24, 2.45) is 0 Å². The van der Waals surface area contributed by atoms with Gasteiger partial charge in [-0.15, -0.1) is 11.8 Å². The number of benzene rings is 2. The first kappa shape index (κ1) is 17.3. The number of amides is 1. The normalized spacial score (nSPS) is 10.2. The summed E-state index contributed by atoms with van der Waals surface area (Å²) in [4.78, 5) is 24.6. The van der Waals surface area contributed by atoms with Crippen LogP contribution in [-0.2, 0) is 9.53 Å². The van der Waals surface area contributed by atoms with Gasteiger partial charge in [0.1, 0.15) is 5.82 Å². The molecule has 7 heteroatoms. The highest BCUT2D eigenvalue weighted by Gasteiger charge is 2.15. The van der Waals surface area contributed by atoms with Crippen molar-refractivity contribution in [3.05, 3.63) is 58.9 Å². The van der Waals surface area contributed by atoms with Crippen LogP contribution in [0.4, 0.5) is 10.1 Å². The number of carbonyl (C=O) groups is 2. The second kappa shape index (κ2) is 7.99. The van der Waals surface area contributed by atoms with E-state index in [1.165, 1.54) is 6.07 Å².